The predicted molar refractivity (Wildman–Crippen MR) is 298 cm³/mol. The highest BCUT2D eigenvalue weighted by molar-refractivity contribution is 8.76. The van der Waals surface area contributed by atoms with Crippen LogP contribution in [0.1, 0.15) is 126 Å². The van der Waals surface area contributed by atoms with Crippen molar-refractivity contribution in [2.24, 2.45) is 35.5 Å². The number of esters is 1. The number of fused-ring (bicyclic) bond motifs is 3. The number of amides is 1. The largest absolute Gasteiger partial charge is 0.509 e. The number of ether oxygens (including phenoxy) is 7. The van der Waals surface area contributed by atoms with E-state index in [0.717, 1.165) is 10.6 Å². The van der Waals surface area contributed by atoms with Gasteiger partial charge in [0.15, 0.2) is 18.0 Å². The maximum Gasteiger partial charge on any atom is 0.509 e. The first-order valence-electron chi connectivity index (χ1n) is 27.7. The third-order valence-corrected chi connectivity index (χ3v) is 18.1. The molecule has 3 aliphatic heterocycles. The molecular weight excluding hydrogens is 1040 g/mol. The Kier molecular flexibility index (Phi) is 26.3. The van der Waals surface area contributed by atoms with Crippen LogP contribution in [0.5, 0.6) is 0 Å². The summed E-state index contributed by atoms with van der Waals surface area (Å²) in [6, 6.07) is 4.39. The Labute approximate surface area is 469 Å². The number of aliphatic hydroxyl groups excluding tert-OH is 1. The van der Waals surface area contributed by atoms with Crippen molar-refractivity contribution in [1.82, 2.24) is 9.88 Å². The summed E-state index contributed by atoms with van der Waals surface area (Å²) in [5.41, 5.74) is 1.22. The number of carbonyl (C=O) groups is 6. The first-order chi connectivity index (χ1) is 37.2. The van der Waals surface area contributed by atoms with E-state index in [-0.39, 0.29) is 55.5 Å². The molecule has 1 amide bonds. The standard InChI is InChI=1S/C59H86N2O15S2/c1-36-18-12-11-13-19-37(2)48(70-8)34-44-24-22-42(7)59(69,76-44)55(65)56(66)61-27-17-15-20-45(61)57(67)74-49(39(4)32-43-23-25-46(62)50(33-43)71-9)35-47(63)38(3)31-41(6)53(54(72-10)52(64)40(5)30-36)75-58(68)73-28-29-77-78-51-21-14-16-26-60-51/h11-14,16,18-19,21,26,31,36,38-40,42-46,48-50,53-54,62,69H,15,17,20,22-25,27-30,32-35H2,1-10H3/t36-,38-,39-,40-,42-,43+,44+,45+,46-,48+,49+,50-,53-,54+,59-/m1/s1. The molecular formula is C59H86N2O15S2. The van der Waals surface area contributed by atoms with Crippen LogP contribution in [0.4, 0.5) is 4.79 Å². The maximum atomic E-state index is 14.6. The molecule has 3 fully saturated rings. The van der Waals surface area contributed by atoms with E-state index in [1.807, 2.05) is 69.4 Å². The number of piperidine rings is 1. The van der Waals surface area contributed by atoms with Gasteiger partial charge in [-0.1, -0.05) is 87.9 Å². The molecule has 0 radical (unpaired) electrons. The summed E-state index contributed by atoms with van der Waals surface area (Å²) < 4.78 is 41.3. The molecule has 2 N–H and O–H groups in total. The molecule has 1 aromatic heterocycles. The second-order valence-corrected chi connectivity index (χ2v) is 24.3. The van der Waals surface area contributed by atoms with Crippen LogP contribution >= 0.6 is 21.6 Å². The Bertz CT molecular complexity index is 2280. The van der Waals surface area contributed by atoms with E-state index in [1.54, 1.807) is 54.2 Å². The van der Waals surface area contributed by atoms with Gasteiger partial charge in [0.1, 0.15) is 29.6 Å². The van der Waals surface area contributed by atoms with Gasteiger partial charge >= 0.3 is 12.1 Å². The van der Waals surface area contributed by atoms with E-state index in [2.05, 4.69) is 4.98 Å². The number of nitrogens with zero attached hydrogens (tertiary/aromatic N) is 2. The third-order valence-electron chi connectivity index (χ3n) is 15.8. The molecule has 1 aliphatic carbocycles. The first-order valence-corrected chi connectivity index (χ1v) is 30.1. The van der Waals surface area contributed by atoms with Crippen LogP contribution < -0.4 is 0 Å². The van der Waals surface area contributed by atoms with Crippen LogP contribution in [0.25, 0.3) is 0 Å². The SMILES string of the molecule is CO[C@H]1C[C@@H]2CC[C@@H](C)[C@@](O)(O2)C(=O)C(=O)N2CCCC[C@H]2C(=O)O[C@H]([C@H](C)C[C@@H]2CC[C@@H](O)[C@H](OC)C2)CC(=O)[C@H](C)C=C(C)[C@@H](OC(=O)OCCSSc2ccccn2)[C@@H](OC)C(=O)[C@H](C)C[C@H](C)C=CC=CC=C1C. The summed E-state index contributed by atoms with van der Waals surface area (Å²) >= 11 is 0. The number of hydrogen-bond acceptors (Lipinski definition) is 18. The summed E-state index contributed by atoms with van der Waals surface area (Å²) in [7, 11) is 7.37. The van der Waals surface area contributed by atoms with Gasteiger partial charge in [0.2, 0.25) is 5.79 Å². The van der Waals surface area contributed by atoms with Gasteiger partial charge in [-0.2, -0.15) is 0 Å². The van der Waals surface area contributed by atoms with Crippen molar-refractivity contribution in [2.45, 2.75) is 185 Å². The summed E-state index contributed by atoms with van der Waals surface area (Å²) in [4.78, 5) is 91.3. The van der Waals surface area contributed by atoms with Crippen molar-refractivity contribution in [1.29, 1.82) is 0 Å². The van der Waals surface area contributed by atoms with Gasteiger partial charge in [-0.3, -0.25) is 19.2 Å². The van der Waals surface area contributed by atoms with Crippen molar-refractivity contribution in [3.63, 3.8) is 0 Å². The van der Waals surface area contributed by atoms with E-state index < -0.39 is 95.9 Å². The Morgan fingerprint density at radius 3 is 2.37 bits per heavy atom. The molecule has 0 spiro atoms. The number of aliphatic hydroxyl groups is 2. The van der Waals surface area contributed by atoms with Gasteiger partial charge in [-0.15, -0.1) is 0 Å². The number of rotatable bonds is 12. The molecule has 2 saturated heterocycles. The molecule has 15 atom stereocenters. The van der Waals surface area contributed by atoms with Crippen LogP contribution in [-0.4, -0.2) is 150 Å². The number of ketones is 3. The molecule has 0 unspecified atom stereocenters. The van der Waals surface area contributed by atoms with Crippen molar-refractivity contribution in [3.05, 3.63) is 72.0 Å². The summed E-state index contributed by atoms with van der Waals surface area (Å²) in [5, 5.41) is 23.4. The van der Waals surface area contributed by atoms with E-state index >= 15 is 0 Å². The third kappa shape index (κ3) is 18.4. The monoisotopic (exact) mass is 1130 g/mol. The van der Waals surface area contributed by atoms with Gasteiger partial charge in [0.25, 0.3) is 11.7 Å². The van der Waals surface area contributed by atoms with Crippen LogP contribution in [0.3, 0.4) is 0 Å². The van der Waals surface area contributed by atoms with E-state index in [9.17, 15) is 39.0 Å². The zero-order valence-electron chi connectivity index (χ0n) is 47.4. The lowest BCUT2D eigenvalue weighted by molar-refractivity contribution is -0.265. The molecule has 5 rings (SSSR count). The van der Waals surface area contributed by atoms with Gasteiger partial charge in [-0.05, 0) is 130 Å². The van der Waals surface area contributed by atoms with Crippen LogP contribution in [0.2, 0.25) is 0 Å². The lowest BCUT2D eigenvalue weighted by Gasteiger charge is -2.42. The van der Waals surface area contributed by atoms with E-state index in [1.165, 1.54) is 33.6 Å². The molecule has 17 nitrogen and oxygen atoms in total. The second-order valence-electron chi connectivity index (χ2n) is 21.9. The fourth-order valence-corrected chi connectivity index (χ4v) is 12.8. The number of allylic oxidation sites excluding steroid dienone is 6. The number of carbonyl (C=O) groups excluding carboxylic acids is 6. The first kappa shape index (κ1) is 64.6. The number of methoxy groups -OCH3 is 3. The minimum Gasteiger partial charge on any atom is -0.460 e. The molecule has 78 heavy (non-hydrogen) atoms. The number of aromatic nitrogens is 1. The number of pyridine rings is 1. The smallest absolute Gasteiger partial charge is 0.460 e. The normalized spacial score (nSPS) is 33.3. The lowest BCUT2D eigenvalue weighted by Crippen LogP contribution is -2.61. The summed E-state index contributed by atoms with van der Waals surface area (Å²) in [6.45, 7) is 12.6. The molecule has 0 aromatic carbocycles. The number of cyclic esters (lactones) is 1. The molecule has 4 aliphatic rings. The number of hydrogen-bond donors (Lipinski definition) is 2. The average Bonchev–Trinajstić information content (AvgIpc) is 3.43. The quantitative estimate of drug-likeness (QED) is 0.0654. The lowest BCUT2D eigenvalue weighted by atomic mass is 9.78. The van der Waals surface area contributed by atoms with E-state index in [0.29, 0.717) is 75.5 Å². The molecule has 1 aromatic rings. The summed E-state index contributed by atoms with van der Waals surface area (Å²) in [5.74, 6) is -8.19. The highest BCUT2D eigenvalue weighted by atomic mass is 33.1. The highest BCUT2D eigenvalue weighted by Crippen LogP contribution is 2.38. The topological polar surface area (TPSA) is 224 Å². The van der Waals surface area contributed by atoms with Crippen molar-refractivity contribution < 1.29 is 72.1 Å². The predicted octanol–water partition coefficient (Wildman–Crippen LogP) is 9.18. The molecule has 434 valence electrons. The average molecular weight is 1130 g/mol. The fourth-order valence-electron chi connectivity index (χ4n) is 11.1. The second kappa shape index (κ2) is 31.7. The fraction of sp³-hybridized carbons (Fsp3) is 0.678. The Balaban J connectivity index is 1.49. The molecule has 19 heteroatoms. The Morgan fingerprint density at radius 2 is 1.67 bits per heavy atom. The van der Waals surface area contributed by atoms with Crippen LogP contribution in [0.15, 0.2) is 77.0 Å². The van der Waals surface area contributed by atoms with Crippen LogP contribution in [-0.2, 0) is 57.1 Å². The van der Waals surface area contributed by atoms with Crippen molar-refractivity contribution in [2.75, 3.05) is 40.2 Å². The minimum atomic E-state index is -2.46. The highest BCUT2D eigenvalue weighted by Gasteiger charge is 2.53. The summed E-state index contributed by atoms with van der Waals surface area (Å²) in [6.07, 6.45) is 11.1. The number of Topliss-reactive ketones (excluding diaryl/α,β-unsaturated/α-hetero) is 3. The molecule has 1 saturated carbocycles. The zero-order chi connectivity index (χ0) is 57.1. The van der Waals surface area contributed by atoms with Gasteiger partial charge in [0.05, 0.1) is 24.4 Å². The van der Waals surface area contributed by atoms with Crippen LogP contribution in [0, 0.1) is 35.5 Å². The Hall–Kier alpha value is -4.21. The maximum absolute atomic E-state index is 14.6. The van der Waals surface area contributed by atoms with E-state index in [4.69, 9.17) is 33.2 Å². The molecule has 2 bridgehead atoms. The van der Waals surface area contributed by atoms with Gasteiger partial charge in [0, 0.05) is 70.4 Å². The zero-order valence-corrected chi connectivity index (χ0v) is 49.0. The molecule has 4 heterocycles. The van der Waals surface area contributed by atoms with Crippen molar-refractivity contribution >= 4 is 57.0 Å². The van der Waals surface area contributed by atoms with Crippen molar-refractivity contribution in [3.8, 4) is 0 Å². The van der Waals surface area contributed by atoms with Gasteiger partial charge < -0.3 is 48.3 Å². The Morgan fingerprint density at radius 1 is 0.897 bits per heavy atom. The van der Waals surface area contributed by atoms with Gasteiger partial charge in [-0.25, -0.2) is 14.6 Å². The minimum absolute atomic E-state index is 0.00155.